The second-order valence-electron chi connectivity index (χ2n) is 6.44. The van der Waals surface area contributed by atoms with Gasteiger partial charge >= 0.3 is 0 Å². The molecule has 0 aliphatic carbocycles. The fourth-order valence-corrected chi connectivity index (χ4v) is 1.56. The molecule has 1 aromatic carbocycles. The van der Waals surface area contributed by atoms with Crippen molar-refractivity contribution >= 4 is 0 Å². The first-order chi connectivity index (χ1) is 7.09. The molecule has 0 atom stereocenters. The summed E-state index contributed by atoms with van der Waals surface area (Å²) in [5.74, 6) is 0.987. The molecule has 1 rings (SSSR count). The average Bonchev–Trinajstić information content (AvgIpc) is 2.04. The van der Waals surface area contributed by atoms with E-state index in [4.69, 9.17) is 4.74 Å². The molecule has 0 spiro atoms. The summed E-state index contributed by atoms with van der Waals surface area (Å²) in [5, 5.41) is 0. The van der Waals surface area contributed by atoms with Gasteiger partial charge in [0.15, 0.2) is 0 Å². The van der Waals surface area contributed by atoms with Crippen molar-refractivity contribution in [2.24, 2.45) is 0 Å². The highest BCUT2D eigenvalue weighted by Gasteiger charge is 2.17. The lowest BCUT2D eigenvalue weighted by Crippen LogP contribution is -2.23. The minimum absolute atomic E-state index is 0.131. The van der Waals surface area contributed by atoms with Crippen molar-refractivity contribution in [2.75, 3.05) is 0 Å². The smallest absolute Gasteiger partial charge is 0.123 e. The molecule has 0 radical (unpaired) electrons. The molecule has 0 fully saturated rings. The molecule has 0 bridgehead atoms. The van der Waals surface area contributed by atoms with E-state index in [1.54, 1.807) is 0 Å². The maximum Gasteiger partial charge on any atom is 0.123 e. The predicted octanol–water partition coefficient (Wildman–Crippen LogP) is 4.47. The van der Waals surface area contributed by atoms with Crippen LogP contribution in [0.3, 0.4) is 0 Å². The number of ether oxygens (including phenoxy) is 1. The van der Waals surface area contributed by atoms with Crippen LogP contribution >= 0.6 is 0 Å². The highest BCUT2D eigenvalue weighted by atomic mass is 16.5. The monoisotopic (exact) mass is 220 g/mol. The summed E-state index contributed by atoms with van der Waals surface area (Å²) in [6.07, 6.45) is 0. The van der Waals surface area contributed by atoms with Gasteiger partial charge in [0.2, 0.25) is 0 Å². The summed E-state index contributed by atoms with van der Waals surface area (Å²) >= 11 is 0. The van der Waals surface area contributed by atoms with Crippen LogP contribution in [0.1, 0.15) is 52.7 Å². The van der Waals surface area contributed by atoms with Gasteiger partial charge in [0, 0.05) is 0 Å². The van der Waals surface area contributed by atoms with Gasteiger partial charge in [-0.15, -0.1) is 0 Å². The molecule has 0 saturated carbocycles. The number of aryl methyl sites for hydroxylation is 1. The molecule has 0 aliphatic rings. The Kier molecular flexibility index (Phi) is 3.37. The minimum atomic E-state index is -0.131. The molecule has 0 aliphatic heterocycles. The maximum absolute atomic E-state index is 5.90. The molecule has 0 aromatic heterocycles. The van der Waals surface area contributed by atoms with Crippen LogP contribution in [0.5, 0.6) is 5.75 Å². The van der Waals surface area contributed by atoms with Crippen molar-refractivity contribution < 1.29 is 4.74 Å². The zero-order valence-electron chi connectivity index (χ0n) is 11.6. The predicted molar refractivity (Wildman–Crippen MR) is 70.3 cm³/mol. The van der Waals surface area contributed by atoms with Gasteiger partial charge in [-0.3, -0.25) is 0 Å². The van der Waals surface area contributed by atoms with E-state index in [2.05, 4.69) is 66.7 Å². The summed E-state index contributed by atoms with van der Waals surface area (Å²) in [7, 11) is 0. The zero-order chi connectivity index (χ0) is 12.6. The summed E-state index contributed by atoms with van der Waals surface area (Å²) in [6.45, 7) is 15.0. The van der Waals surface area contributed by atoms with Gasteiger partial charge in [0.1, 0.15) is 11.4 Å². The molecule has 0 heterocycles. The average molecular weight is 220 g/mol. The van der Waals surface area contributed by atoms with Crippen LogP contribution in [-0.4, -0.2) is 5.60 Å². The van der Waals surface area contributed by atoms with Crippen LogP contribution in [0.15, 0.2) is 18.2 Å². The normalized spacial score (nSPS) is 12.7. The molecule has 1 nitrogen and oxygen atoms in total. The van der Waals surface area contributed by atoms with Gasteiger partial charge in [-0.05, 0) is 50.3 Å². The van der Waals surface area contributed by atoms with Crippen molar-refractivity contribution in [3.8, 4) is 5.75 Å². The van der Waals surface area contributed by atoms with Crippen molar-refractivity contribution in [3.63, 3.8) is 0 Å². The Bertz CT molecular complexity index is 364. The standard InChI is InChI=1S/C15H24O/c1-11-10-12(14(2,3)4)8-9-13(11)16-15(5,6)7/h8-10H,1-7H3. The Labute approximate surface area is 99.8 Å². The first-order valence-corrected chi connectivity index (χ1v) is 5.90. The van der Waals surface area contributed by atoms with Crippen LogP contribution in [0.2, 0.25) is 0 Å². The summed E-state index contributed by atoms with van der Waals surface area (Å²) in [4.78, 5) is 0. The van der Waals surface area contributed by atoms with E-state index in [0.29, 0.717) is 0 Å². The van der Waals surface area contributed by atoms with Crippen LogP contribution < -0.4 is 4.74 Å². The van der Waals surface area contributed by atoms with E-state index in [1.165, 1.54) is 11.1 Å². The molecule has 0 N–H and O–H groups in total. The molecular weight excluding hydrogens is 196 g/mol. The Morgan fingerprint density at radius 3 is 1.88 bits per heavy atom. The fourth-order valence-electron chi connectivity index (χ4n) is 1.56. The van der Waals surface area contributed by atoms with Crippen molar-refractivity contribution in [2.45, 2.75) is 59.5 Å². The topological polar surface area (TPSA) is 9.23 Å². The zero-order valence-corrected chi connectivity index (χ0v) is 11.6. The number of hydrogen-bond acceptors (Lipinski definition) is 1. The van der Waals surface area contributed by atoms with E-state index in [0.717, 1.165) is 5.75 Å². The van der Waals surface area contributed by atoms with E-state index in [-0.39, 0.29) is 11.0 Å². The van der Waals surface area contributed by atoms with Crippen LogP contribution in [0.4, 0.5) is 0 Å². The first-order valence-electron chi connectivity index (χ1n) is 5.90. The molecule has 0 unspecified atom stereocenters. The van der Waals surface area contributed by atoms with E-state index < -0.39 is 0 Å². The largest absolute Gasteiger partial charge is 0.488 e. The fraction of sp³-hybridized carbons (Fsp3) is 0.600. The quantitative estimate of drug-likeness (QED) is 0.678. The molecule has 16 heavy (non-hydrogen) atoms. The van der Waals surface area contributed by atoms with Gasteiger partial charge in [-0.25, -0.2) is 0 Å². The first kappa shape index (κ1) is 13.1. The van der Waals surface area contributed by atoms with Gasteiger partial charge in [-0.1, -0.05) is 32.9 Å². The molecule has 90 valence electrons. The van der Waals surface area contributed by atoms with Crippen molar-refractivity contribution in [1.29, 1.82) is 0 Å². The van der Waals surface area contributed by atoms with Gasteiger partial charge in [0.25, 0.3) is 0 Å². The van der Waals surface area contributed by atoms with Gasteiger partial charge in [-0.2, -0.15) is 0 Å². The van der Waals surface area contributed by atoms with Crippen LogP contribution in [-0.2, 0) is 5.41 Å². The summed E-state index contributed by atoms with van der Waals surface area (Å²) < 4.78 is 5.90. The van der Waals surface area contributed by atoms with Crippen LogP contribution in [0.25, 0.3) is 0 Å². The van der Waals surface area contributed by atoms with Gasteiger partial charge in [0.05, 0.1) is 0 Å². The van der Waals surface area contributed by atoms with Crippen molar-refractivity contribution in [3.05, 3.63) is 29.3 Å². The van der Waals surface area contributed by atoms with Gasteiger partial charge < -0.3 is 4.74 Å². The number of benzene rings is 1. The molecule has 1 aromatic rings. The molecule has 1 heteroatoms. The Morgan fingerprint density at radius 2 is 1.50 bits per heavy atom. The van der Waals surface area contributed by atoms with E-state index in [9.17, 15) is 0 Å². The molecule has 0 amide bonds. The lowest BCUT2D eigenvalue weighted by atomic mass is 9.86. The third-order valence-electron chi connectivity index (χ3n) is 2.46. The highest BCUT2D eigenvalue weighted by Crippen LogP contribution is 2.29. The third-order valence-corrected chi connectivity index (χ3v) is 2.46. The Balaban J connectivity index is 3.01. The summed E-state index contributed by atoms with van der Waals surface area (Å²) in [5.41, 5.74) is 2.63. The lowest BCUT2D eigenvalue weighted by Gasteiger charge is -2.25. The number of rotatable bonds is 1. The second-order valence-corrected chi connectivity index (χ2v) is 6.44. The Hall–Kier alpha value is -0.980. The number of hydrogen-bond donors (Lipinski definition) is 0. The lowest BCUT2D eigenvalue weighted by molar-refractivity contribution is 0.130. The molecule has 0 saturated heterocycles. The van der Waals surface area contributed by atoms with E-state index >= 15 is 0 Å². The minimum Gasteiger partial charge on any atom is -0.488 e. The third kappa shape index (κ3) is 3.55. The second kappa shape index (κ2) is 4.12. The molecular formula is C15H24O. The summed E-state index contributed by atoms with van der Waals surface area (Å²) in [6, 6.07) is 6.47. The van der Waals surface area contributed by atoms with Crippen LogP contribution in [0, 0.1) is 6.92 Å². The Morgan fingerprint density at radius 1 is 0.938 bits per heavy atom. The highest BCUT2D eigenvalue weighted by molar-refractivity contribution is 5.39. The maximum atomic E-state index is 5.90. The van der Waals surface area contributed by atoms with E-state index in [1.807, 2.05) is 0 Å². The van der Waals surface area contributed by atoms with Crippen molar-refractivity contribution in [1.82, 2.24) is 0 Å². The SMILES string of the molecule is Cc1cc(C(C)(C)C)ccc1OC(C)(C)C.